The summed E-state index contributed by atoms with van der Waals surface area (Å²) < 4.78 is 16.0. The molecule has 0 saturated heterocycles. The van der Waals surface area contributed by atoms with Gasteiger partial charge in [-0.2, -0.15) is 0 Å². The molecule has 164 valence electrons. The van der Waals surface area contributed by atoms with Gasteiger partial charge in [0.25, 0.3) is 5.91 Å². The Balaban J connectivity index is 1.39. The molecule has 5 rings (SSSR count). The van der Waals surface area contributed by atoms with Crippen molar-refractivity contribution in [2.24, 2.45) is 0 Å². The summed E-state index contributed by atoms with van der Waals surface area (Å²) in [6, 6.07) is 20.3. The first-order valence-electron chi connectivity index (χ1n) is 10.3. The van der Waals surface area contributed by atoms with Gasteiger partial charge in [-0.15, -0.1) is 0 Å². The summed E-state index contributed by atoms with van der Waals surface area (Å²) in [5.41, 5.74) is 2.87. The average molecular weight is 441 g/mol. The number of rotatable bonds is 4. The molecule has 1 aliphatic rings. The predicted molar refractivity (Wildman–Crippen MR) is 122 cm³/mol. The van der Waals surface area contributed by atoms with Crippen LogP contribution in [0.15, 0.2) is 82.0 Å². The van der Waals surface area contributed by atoms with Crippen molar-refractivity contribution in [3.8, 4) is 5.75 Å². The molecule has 3 aromatic carbocycles. The quantitative estimate of drug-likeness (QED) is 0.370. The van der Waals surface area contributed by atoms with E-state index in [9.17, 15) is 14.4 Å². The maximum absolute atomic E-state index is 12.9. The predicted octanol–water partition coefficient (Wildman–Crippen LogP) is 4.51. The van der Waals surface area contributed by atoms with E-state index in [1.165, 1.54) is 6.07 Å². The fourth-order valence-electron chi connectivity index (χ4n) is 3.88. The second-order valence-corrected chi connectivity index (χ2v) is 7.70. The normalized spacial score (nSPS) is 14.9. The average Bonchev–Trinajstić information content (AvgIpc) is 2.83. The largest absolute Gasteiger partial charge is 0.497 e. The zero-order valence-electron chi connectivity index (χ0n) is 17.7. The molecule has 0 spiro atoms. The van der Waals surface area contributed by atoms with Gasteiger partial charge in [0.05, 0.1) is 12.7 Å². The molecule has 0 radical (unpaired) electrons. The number of fused-ring (bicyclic) bond motifs is 2. The minimum Gasteiger partial charge on any atom is -0.497 e. The van der Waals surface area contributed by atoms with Crippen molar-refractivity contribution >= 4 is 28.5 Å². The van der Waals surface area contributed by atoms with Crippen LogP contribution in [0.3, 0.4) is 0 Å². The molecule has 33 heavy (non-hydrogen) atoms. The van der Waals surface area contributed by atoms with Gasteiger partial charge in [0.15, 0.2) is 0 Å². The summed E-state index contributed by atoms with van der Waals surface area (Å²) in [6.45, 7) is 0. The fraction of sp³-hybridized carbons (Fsp3) is 0.115. The molecule has 1 aromatic heterocycles. The second-order valence-electron chi connectivity index (χ2n) is 7.70. The van der Waals surface area contributed by atoms with Crippen LogP contribution in [-0.2, 0) is 11.2 Å². The van der Waals surface area contributed by atoms with Crippen LogP contribution in [0.5, 0.6) is 5.75 Å². The number of carbonyl (C=O) groups is 2. The number of esters is 1. The van der Waals surface area contributed by atoms with Gasteiger partial charge in [0.1, 0.15) is 17.4 Å². The van der Waals surface area contributed by atoms with Crippen molar-refractivity contribution in [2.45, 2.75) is 12.5 Å². The first-order valence-corrected chi connectivity index (χ1v) is 10.3. The summed E-state index contributed by atoms with van der Waals surface area (Å²) >= 11 is 0. The number of hydrogen-bond donors (Lipinski definition) is 1. The van der Waals surface area contributed by atoms with Gasteiger partial charge in [-0.1, -0.05) is 12.1 Å². The number of carbonyl (C=O) groups excluding carboxylic acids is 2. The Bertz CT molecular complexity index is 1440. The molecule has 0 saturated carbocycles. The standard InChI is InChI=1S/C26H19NO6/c1-31-20-8-3-16(4-9-20)22-13-18-12-17(5-10-21(18)26(30)33-22)25(29)27-19-7-2-15-6-11-24(28)32-23(15)14-19/h2-12,14,22H,13H2,1H3,(H,27,29). The molecule has 4 aromatic rings. The van der Waals surface area contributed by atoms with Crippen LogP contribution >= 0.6 is 0 Å². The van der Waals surface area contributed by atoms with E-state index in [-0.39, 0.29) is 5.91 Å². The second kappa shape index (κ2) is 8.27. The van der Waals surface area contributed by atoms with Crippen LogP contribution in [0.25, 0.3) is 11.0 Å². The highest BCUT2D eigenvalue weighted by molar-refractivity contribution is 6.06. The van der Waals surface area contributed by atoms with Gasteiger partial charge < -0.3 is 19.2 Å². The molecule has 1 atom stereocenters. The number of ether oxygens (including phenoxy) is 2. The van der Waals surface area contributed by atoms with E-state index in [4.69, 9.17) is 13.9 Å². The lowest BCUT2D eigenvalue weighted by Gasteiger charge is -2.25. The van der Waals surface area contributed by atoms with Gasteiger partial charge in [-0.05, 0) is 59.7 Å². The van der Waals surface area contributed by atoms with E-state index in [0.29, 0.717) is 34.6 Å². The lowest BCUT2D eigenvalue weighted by Crippen LogP contribution is -2.23. The van der Waals surface area contributed by atoms with Gasteiger partial charge in [-0.3, -0.25) is 4.79 Å². The Morgan fingerprint density at radius 2 is 1.76 bits per heavy atom. The number of benzene rings is 3. The van der Waals surface area contributed by atoms with Crippen LogP contribution < -0.4 is 15.7 Å². The maximum atomic E-state index is 12.9. The molecule has 7 heteroatoms. The van der Waals surface area contributed by atoms with E-state index >= 15 is 0 Å². The summed E-state index contributed by atoms with van der Waals surface area (Å²) in [7, 11) is 1.59. The van der Waals surface area contributed by atoms with Crippen molar-refractivity contribution in [3.63, 3.8) is 0 Å². The Morgan fingerprint density at radius 3 is 2.55 bits per heavy atom. The van der Waals surface area contributed by atoms with Crippen molar-refractivity contribution in [2.75, 3.05) is 12.4 Å². The van der Waals surface area contributed by atoms with Crippen LogP contribution in [-0.4, -0.2) is 19.0 Å². The molecule has 0 aliphatic carbocycles. The lowest BCUT2D eigenvalue weighted by atomic mass is 9.93. The zero-order chi connectivity index (χ0) is 22.9. The zero-order valence-corrected chi connectivity index (χ0v) is 17.7. The highest BCUT2D eigenvalue weighted by Crippen LogP contribution is 2.32. The SMILES string of the molecule is COc1ccc(C2Cc3cc(C(=O)Nc4ccc5ccc(=O)oc5c4)ccc3C(=O)O2)cc1. The van der Waals surface area contributed by atoms with E-state index < -0.39 is 17.7 Å². The third kappa shape index (κ3) is 4.08. The van der Waals surface area contributed by atoms with Crippen molar-refractivity contribution in [1.29, 1.82) is 0 Å². The van der Waals surface area contributed by atoms with Gasteiger partial charge >= 0.3 is 11.6 Å². The Kier molecular flexibility index (Phi) is 5.14. The lowest BCUT2D eigenvalue weighted by molar-refractivity contribution is 0.0252. The molecule has 0 fully saturated rings. The summed E-state index contributed by atoms with van der Waals surface area (Å²) in [6.07, 6.45) is 0.00736. The van der Waals surface area contributed by atoms with Gasteiger partial charge in [0, 0.05) is 35.2 Å². The maximum Gasteiger partial charge on any atom is 0.339 e. The highest BCUT2D eigenvalue weighted by Gasteiger charge is 2.28. The molecule has 2 heterocycles. The van der Waals surface area contributed by atoms with Gasteiger partial charge in [0.2, 0.25) is 0 Å². The Labute approximate surface area is 188 Å². The minimum atomic E-state index is -0.459. The van der Waals surface area contributed by atoms with Crippen LogP contribution in [0.2, 0.25) is 0 Å². The van der Waals surface area contributed by atoms with Crippen molar-refractivity contribution in [3.05, 3.63) is 105 Å². The number of nitrogens with one attached hydrogen (secondary N) is 1. The number of amides is 1. The molecule has 1 unspecified atom stereocenters. The molecule has 7 nitrogen and oxygen atoms in total. The molecular formula is C26H19NO6. The molecule has 1 N–H and O–H groups in total. The minimum absolute atomic E-state index is 0.338. The third-order valence-electron chi connectivity index (χ3n) is 5.61. The van der Waals surface area contributed by atoms with Gasteiger partial charge in [-0.25, -0.2) is 9.59 Å². The molecule has 1 amide bonds. The Hall–Kier alpha value is -4.39. The number of cyclic esters (lactones) is 1. The summed E-state index contributed by atoms with van der Waals surface area (Å²) in [5.74, 6) is -0.0443. The third-order valence-corrected chi connectivity index (χ3v) is 5.61. The first-order chi connectivity index (χ1) is 16.0. The highest BCUT2D eigenvalue weighted by atomic mass is 16.5. The fourth-order valence-corrected chi connectivity index (χ4v) is 3.88. The van der Waals surface area contributed by atoms with Crippen LogP contribution in [0.4, 0.5) is 5.69 Å². The number of anilines is 1. The number of hydrogen-bond acceptors (Lipinski definition) is 6. The summed E-state index contributed by atoms with van der Waals surface area (Å²) in [4.78, 5) is 36.9. The van der Waals surface area contributed by atoms with Crippen LogP contribution in [0, 0.1) is 0 Å². The van der Waals surface area contributed by atoms with E-state index in [0.717, 1.165) is 16.5 Å². The molecule has 1 aliphatic heterocycles. The molecular weight excluding hydrogens is 422 g/mol. The molecule has 0 bridgehead atoms. The number of methoxy groups -OCH3 is 1. The van der Waals surface area contributed by atoms with E-state index in [1.54, 1.807) is 49.6 Å². The Morgan fingerprint density at radius 1 is 0.970 bits per heavy atom. The smallest absolute Gasteiger partial charge is 0.339 e. The first kappa shape index (κ1) is 20.5. The van der Waals surface area contributed by atoms with E-state index in [1.807, 2.05) is 24.3 Å². The van der Waals surface area contributed by atoms with Crippen molar-refractivity contribution in [1.82, 2.24) is 0 Å². The topological polar surface area (TPSA) is 94.8 Å². The van der Waals surface area contributed by atoms with Crippen LogP contribution in [0.1, 0.15) is 37.9 Å². The summed E-state index contributed by atoms with van der Waals surface area (Å²) in [5, 5.41) is 3.57. The van der Waals surface area contributed by atoms with Crippen molar-refractivity contribution < 1.29 is 23.5 Å². The van der Waals surface area contributed by atoms with E-state index in [2.05, 4.69) is 5.32 Å². The monoisotopic (exact) mass is 441 g/mol.